The molecular formula is C22H16ClF3N4O2S. The van der Waals surface area contributed by atoms with Crippen LogP contribution < -0.4 is 4.31 Å². The quantitative estimate of drug-likeness (QED) is 0.330. The summed E-state index contributed by atoms with van der Waals surface area (Å²) in [5.41, 5.74) is 0.940. The number of rotatable bonds is 6. The van der Waals surface area contributed by atoms with Gasteiger partial charge in [-0.3, -0.25) is 8.99 Å². The molecule has 6 nitrogen and oxygen atoms in total. The van der Waals surface area contributed by atoms with Gasteiger partial charge in [-0.1, -0.05) is 23.7 Å². The van der Waals surface area contributed by atoms with Gasteiger partial charge in [0.1, 0.15) is 0 Å². The molecule has 0 radical (unpaired) electrons. The van der Waals surface area contributed by atoms with E-state index < -0.39 is 17.7 Å². The van der Waals surface area contributed by atoms with E-state index in [1.54, 1.807) is 27.3 Å². The molecule has 0 aliphatic heterocycles. The Bertz CT molecular complexity index is 1330. The minimum atomic E-state index is -4.57. The summed E-state index contributed by atoms with van der Waals surface area (Å²) in [5, 5.41) is 14.1. The van der Waals surface area contributed by atoms with Gasteiger partial charge in [-0.25, -0.2) is 9.78 Å². The van der Waals surface area contributed by atoms with Gasteiger partial charge in [0.15, 0.2) is 5.82 Å². The topological polar surface area (TPSA) is 71.2 Å². The van der Waals surface area contributed by atoms with Crippen LogP contribution in [-0.2, 0) is 19.8 Å². The molecule has 11 heteroatoms. The van der Waals surface area contributed by atoms with Crippen LogP contribution in [0.1, 0.15) is 21.5 Å². The third-order valence-corrected chi connectivity index (χ3v) is 6.13. The zero-order valence-corrected chi connectivity index (χ0v) is 18.6. The summed E-state index contributed by atoms with van der Waals surface area (Å²) in [5.74, 6) is -0.901. The van der Waals surface area contributed by atoms with E-state index in [0.717, 1.165) is 28.7 Å². The molecule has 0 unspecified atom stereocenters. The normalized spacial score (nSPS) is 11.7. The predicted octanol–water partition coefficient (Wildman–Crippen LogP) is 6.05. The van der Waals surface area contributed by atoms with Crippen molar-refractivity contribution in [2.75, 3.05) is 4.31 Å². The average Bonchev–Trinajstić information content (AvgIpc) is 3.13. The van der Waals surface area contributed by atoms with Crippen molar-refractivity contribution in [2.45, 2.75) is 17.6 Å². The molecule has 0 aliphatic rings. The van der Waals surface area contributed by atoms with Crippen LogP contribution in [-0.4, -0.2) is 25.8 Å². The van der Waals surface area contributed by atoms with Crippen LogP contribution >= 0.6 is 23.5 Å². The largest absolute Gasteiger partial charge is 0.478 e. The molecule has 0 atom stereocenters. The number of anilines is 1. The second kappa shape index (κ2) is 8.95. The van der Waals surface area contributed by atoms with Crippen LogP contribution in [0.3, 0.4) is 0 Å². The van der Waals surface area contributed by atoms with Crippen LogP contribution in [0.4, 0.5) is 19.0 Å². The summed E-state index contributed by atoms with van der Waals surface area (Å²) in [7, 11) is 1.82. The van der Waals surface area contributed by atoms with Crippen molar-refractivity contribution in [2.24, 2.45) is 7.05 Å². The number of hydrogen-bond donors (Lipinski definition) is 1. The molecular weight excluding hydrogens is 477 g/mol. The third-order valence-electron chi connectivity index (χ3n) is 4.84. The second-order valence-corrected chi connectivity index (χ2v) is 8.65. The number of nitrogens with zero attached hydrogens (tertiary/aromatic N) is 4. The summed E-state index contributed by atoms with van der Waals surface area (Å²) in [4.78, 5) is 15.8. The maximum absolute atomic E-state index is 13.1. The Labute approximate surface area is 195 Å². The van der Waals surface area contributed by atoms with Gasteiger partial charge in [0.2, 0.25) is 0 Å². The predicted molar refractivity (Wildman–Crippen MR) is 120 cm³/mol. The Morgan fingerprint density at radius 2 is 1.88 bits per heavy atom. The molecule has 0 saturated heterocycles. The number of alkyl halides is 3. The first-order valence-corrected chi connectivity index (χ1v) is 10.7. The van der Waals surface area contributed by atoms with Gasteiger partial charge in [-0.05, 0) is 53.9 Å². The van der Waals surface area contributed by atoms with E-state index in [1.165, 1.54) is 24.1 Å². The smallest absolute Gasteiger partial charge is 0.417 e. The Hall–Kier alpha value is -3.24. The van der Waals surface area contributed by atoms with Crippen molar-refractivity contribution < 1.29 is 23.1 Å². The summed E-state index contributed by atoms with van der Waals surface area (Å²) in [6.07, 6.45) is -2.08. The van der Waals surface area contributed by atoms with Crippen LogP contribution in [0, 0.1) is 0 Å². The Morgan fingerprint density at radius 3 is 2.52 bits per heavy atom. The first-order valence-electron chi connectivity index (χ1n) is 9.54. The number of pyridine rings is 1. The number of hydrogen-bond acceptors (Lipinski definition) is 5. The van der Waals surface area contributed by atoms with Crippen LogP contribution in [0.5, 0.6) is 0 Å². The summed E-state index contributed by atoms with van der Waals surface area (Å²) in [6, 6.07) is 12.7. The minimum Gasteiger partial charge on any atom is -0.478 e. The van der Waals surface area contributed by atoms with Gasteiger partial charge in [-0.2, -0.15) is 18.3 Å². The molecule has 0 fully saturated rings. The lowest BCUT2D eigenvalue weighted by molar-refractivity contribution is -0.137. The summed E-state index contributed by atoms with van der Waals surface area (Å²) < 4.78 is 42.6. The lowest BCUT2D eigenvalue weighted by Crippen LogP contribution is -2.17. The van der Waals surface area contributed by atoms with Crippen LogP contribution in [0.2, 0.25) is 5.02 Å². The molecule has 0 spiro atoms. The Morgan fingerprint density at radius 1 is 1.15 bits per heavy atom. The number of benzene rings is 2. The number of fused-ring (bicyclic) bond motifs is 1. The molecule has 4 rings (SSSR count). The summed E-state index contributed by atoms with van der Waals surface area (Å²) in [6.45, 7) is 0.268. The molecule has 0 amide bonds. The second-order valence-electron chi connectivity index (χ2n) is 7.15. The van der Waals surface area contributed by atoms with E-state index in [2.05, 4.69) is 10.1 Å². The highest BCUT2D eigenvalue weighted by molar-refractivity contribution is 8.00. The minimum absolute atomic E-state index is 0.123. The van der Waals surface area contributed by atoms with Gasteiger partial charge >= 0.3 is 12.1 Å². The number of aromatic nitrogens is 3. The van der Waals surface area contributed by atoms with Gasteiger partial charge in [0, 0.05) is 23.5 Å². The van der Waals surface area contributed by atoms with Gasteiger partial charge in [0.05, 0.1) is 34.4 Å². The van der Waals surface area contributed by atoms with Crippen molar-refractivity contribution in [1.29, 1.82) is 0 Å². The van der Waals surface area contributed by atoms with E-state index >= 15 is 0 Å². The van der Waals surface area contributed by atoms with Crippen LogP contribution in [0.25, 0.3) is 10.9 Å². The van der Waals surface area contributed by atoms with E-state index in [4.69, 9.17) is 16.7 Å². The van der Waals surface area contributed by atoms with Crippen LogP contribution in [0.15, 0.2) is 65.8 Å². The molecule has 0 saturated carbocycles. The van der Waals surface area contributed by atoms with Gasteiger partial charge in [0.25, 0.3) is 0 Å². The zero-order chi connectivity index (χ0) is 23.8. The highest BCUT2D eigenvalue weighted by Gasteiger charge is 2.32. The fourth-order valence-corrected chi connectivity index (χ4v) is 4.44. The lowest BCUT2D eigenvalue weighted by Gasteiger charge is -2.24. The van der Waals surface area contributed by atoms with E-state index in [-0.39, 0.29) is 22.9 Å². The van der Waals surface area contributed by atoms with E-state index in [9.17, 15) is 18.0 Å². The average molecular weight is 493 g/mol. The molecule has 0 bridgehead atoms. The molecule has 2 heterocycles. The molecule has 1 N–H and O–H groups in total. The third kappa shape index (κ3) is 5.07. The fraction of sp³-hybridized carbons (Fsp3) is 0.136. The highest BCUT2D eigenvalue weighted by atomic mass is 35.5. The maximum atomic E-state index is 13.1. The van der Waals surface area contributed by atoms with Crippen molar-refractivity contribution in [1.82, 2.24) is 14.8 Å². The van der Waals surface area contributed by atoms with E-state index in [0.29, 0.717) is 4.90 Å². The lowest BCUT2D eigenvalue weighted by atomic mass is 10.1. The molecule has 2 aromatic carbocycles. The molecule has 2 aromatic heterocycles. The Kier molecular flexibility index (Phi) is 6.22. The maximum Gasteiger partial charge on any atom is 0.417 e. The van der Waals surface area contributed by atoms with E-state index in [1.807, 2.05) is 25.2 Å². The number of carbonyl (C=O) groups is 1. The van der Waals surface area contributed by atoms with Crippen molar-refractivity contribution in [3.05, 3.63) is 82.6 Å². The molecule has 0 aliphatic carbocycles. The SMILES string of the molecule is Cn1ncc2ccc(CN(Sc3ccc(C(=O)O)cc3)c3ncc(C(F)(F)F)cc3Cl)cc21. The summed E-state index contributed by atoms with van der Waals surface area (Å²) >= 11 is 7.41. The molecule has 170 valence electrons. The number of carboxylic acid groups (broad SMARTS) is 1. The fourth-order valence-electron chi connectivity index (χ4n) is 3.16. The number of carboxylic acids is 1. The van der Waals surface area contributed by atoms with Crippen molar-refractivity contribution in [3.63, 3.8) is 0 Å². The molecule has 4 aromatic rings. The standard InChI is InChI=1S/C22H16ClF3N4O2S/c1-29-19-8-13(2-3-15(19)10-28-29)12-30(33-17-6-4-14(5-7-17)21(31)32)20-18(23)9-16(11-27-20)22(24,25)26/h2-11H,12H2,1H3,(H,31,32). The van der Waals surface area contributed by atoms with Gasteiger partial charge in [-0.15, -0.1) is 0 Å². The van der Waals surface area contributed by atoms with Crippen molar-refractivity contribution >= 4 is 46.2 Å². The first kappa shape index (κ1) is 22.9. The number of aromatic carboxylic acids is 1. The monoisotopic (exact) mass is 492 g/mol. The number of aryl methyl sites for hydroxylation is 1. The van der Waals surface area contributed by atoms with Gasteiger partial charge < -0.3 is 5.11 Å². The zero-order valence-electron chi connectivity index (χ0n) is 17.0. The number of halogens is 4. The Balaban J connectivity index is 1.70. The highest BCUT2D eigenvalue weighted by Crippen LogP contribution is 2.38. The molecule has 33 heavy (non-hydrogen) atoms. The van der Waals surface area contributed by atoms with Crippen molar-refractivity contribution in [3.8, 4) is 0 Å². The first-order chi connectivity index (χ1) is 15.6.